The van der Waals surface area contributed by atoms with Gasteiger partial charge >= 0.3 is 0 Å². The summed E-state index contributed by atoms with van der Waals surface area (Å²) in [5.74, 6) is 1.15. The number of hydrogen-bond acceptors (Lipinski definition) is 15. The van der Waals surface area contributed by atoms with Crippen molar-refractivity contribution < 1.29 is 42.3 Å². The lowest BCUT2D eigenvalue weighted by Gasteiger charge is -2.17. The van der Waals surface area contributed by atoms with Crippen LogP contribution in [0.5, 0.6) is 17.2 Å². The van der Waals surface area contributed by atoms with E-state index in [2.05, 4.69) is 45.3 Å². The van der Waals surface area contributed by atoms with E-state index in [4.69, 9.17) is 29.2 Å². The first-order valence-corrected chi connectivity index (χ1v) is 33.6. The van der Waals surface area contributed by atoms with Crippen molar-refractivity contribution in [2.45, 2.75) is 19.6 Å². The van der Waals surface area contributed by atoms with E-state index in [1.165, 1.54) is 0 Å². The van der Waals surface area contributed by atoms with E-state index >= 15 is 0 Å². The number of nitrogens with zero attached hydrogens (tertiary/aromatic N) is 12. The molecule has 28 rings (SSSR count). The van der Waals surface area contributed by atoms with Crippen LogP contribution in [-0.4, -0.2) is 148 Å². The van der Waals surface area contributed by atoms with Crippen molar-refractivity contribution in [3.05, 3.63) is 269 Å². The van der Waals surface area contributed by atoms with Crippen molar-refractivity contribution in [1.29, 1.82) is 0 Å². The zero-order valence-electron chi connectivity index (χ0n) is 57.7. The van der Waals surface area contributed by atoms with Gasteiger partial charge in [-0.3, -0.25) is 14.4 Å². The van der Waals surface area contributed by atoms with Crippen molar-refractivity contribution in [3.63, 3.8) is 0 Å². The molecule has 24 bridgehead atoms. The Morgan fingerprint density at radius 2 is 0.588 bits per heavy atom. The first-order valence-electron chi connectivity index (χ1n) is 33.6. The Kier molecular flexibility index (Phi) is 21.2. The standard InChI is InChI=1S/C81H75N15O6/c1-91(2)37-40-100-73-22-19-64-46-70(73)79(97)88-82-49-55-7-13-58(14-8-55)52-94-31-25-61(26-32-94)76-85-77-62-27-33-95(34-28-62)53-59-15-9-56(10-16-59)50-83-89-80(98)71-47-65(20-23-74(71)101-41-38-92(3)4)68-43-67(64)44-69(45-68)66-21-24-75(102-42-39-93(5)6)72(48-66)81(99)90-84-51-57-11-17-60(18-12-57)54-96-35-29-63(30-36-96)78(86-76)87-77/h7-36,43-51H,37-42,52-54H2,1-6H3/p+3/b82-49+,83-50+,84-51+. The maximum atomic E-state index is 14.6. The van der Waals surface area contributed by atoms with Crippen LogP contribution in [0.2, 0.25) is 0 Å². The highest BCUT2D eigenvalue weighted by Gasteiger charge is 2.23. The van der Waals surface area contributed by atoms with Crippen molar-refractivity contribution >= 4 is 36.4 Å². The molecular weight excluding hydrogens is 1280 g/mol. The number of pyridine rings is 3. The largest absolute Gasteiger partial charge is 0.491 e. The summed E-state index contributed by atoms with van der Waals surface area (Å²) in [5.41, 5.74) is 21.0. The molecule has 7 aromatic carbocycles. The Labute approximate surface area is 592 Å². The molecule has 11 aromatic rings. The molecule has 0 fully saturated rings. The van der Waals surface area contributed by atoms with Gasteiger partial charge in [0.05, 0.1) is 35.3 Å². The van der Waals surface area contributed by atoms with Gasteiger partial charge in [0.25, 0.3) is 17.7 Å². The summed E-state index contributed by atoms with van der Waals surface area (Å²) in [7, 11) is 11.7. The number of amides is 3. The molecule has 0 radical (unpaired) electrons. The van der Waals surface area contributed by atoms with Gasteiger partial charge in [-0.25, -0.2) is 44.9 Å². The molecule has 0 saturated carbocycles. The fourth-order valence-electron chi connectivity index (χ4n) is 11.5. The van der Waals surface area contributed by atoms with E-state index in [0.29, 0.717) is 127 Å². The first kappa shape index (κ1) is 68.2. The lowest BCUT2D eigenvalue weighted by molar-refractivity contribution is -0.688. The molecule has 510 valence electrons. The zero-order chi connectivity index (χ0) is 70.5. The molecule has 21 heteroatoms. The molecule has 4 aromatic heterocycles. The third-order valence-corrected chi connectivity index (χ3v) is 17.3. The summed E-state index contributed by atoms with van der Waals surface area (Å²) in [6.07, 6.45) is 16.9. The second-order valence-corrected chi connectivity index (χ2v) is 25.8. The Morgan fingerprint density at radius 3 is 0.843 bits per heavy atom. The minimum atomic E-state index is -0.496. The number of carbonyl (C=O) groups is 3. The van der Waals surface area contributed by atoms with Crippen LogP contribution in [0.25, 0.3) is 67.5 Å². The Hall–Kier alpha value is -12.3. The summed E-state index contributed by atoms with van der Waals surface area (Å²) in [6.45, 7) is 4.45. The average Bonchev–Trinajstić information content (AvgIpc) is 0.777. The van der Waals surface area contributed by atoms with Crippen LogP contribution < -0.4 is 44.2 Å². The van der Waals surface area contributed by atoms with E-state index in [0.717, 1.165) is 50.1 Å². The van der Waals surface area contributed by atoms with Crippen molar-refractivity contribution in [3.8, 4) is 84.8 Å². The molecular formula is C81H78N15O6+3. The van der Waals surface area contributed by atoms with Crippen LogP contribution in [0, 0.1) is 0 Å². The van der Waals surface area contributed by atoms with E-state index in [-0.39, 0.29) is 16.7 Å². The molecule has 0 atom stereocenters. The SMILES string of the molecule is CN(C)CCOc1ccc2cc1C(=O)N/N=C/c1ccc(cc1)C[n+]1ccc(cc1)-c1nc3nc(n1)-c1cc[n+](cc1)Cc1ccc(cc1)/C=N/NC(=O)c1cc(ccc1OCCN(C)C)-c1cc-2cc(c1)-c1ccc(OCCN(C)C)c(c1)C(=O)N/N=C/c1ccc(cc1)C[n+]1ccc-3cc1. The molecule has 21 nitrogen and oxygen atoms in total. The summed E-state index contributed by atoms with van der Waals surface area (Å²) >= 11 is 0. The van der Waals surface area contributed by atoms with Gasteiger partial charge in [-0.15, -0.1) is 0 Å². The Morgan fingerprint density at radius 1 is 0.324 bits per heavy atom. The number of rotatable bonds is 12. The molecule has 3 N–H and O–H groups in total. The quantitative estimate of drug-likeness (QED) is 0.0976. The van der Waals surface area contributed by atoms with E-state index in [9.17, 15) is 14.4 Å². The lowest BCUT2D eigenvalue weighted by Crippen LogP contribution is -2.33. The van der Waals surface area contributed by atoms with Crippen LogP contribution in [-0.2, 0) is 19.6 Å². The van der Waals surface area contributed by atoms with Crippen LogP contribution in [0.1, 0.15) is 64.5 Å². The number of ether oxygens (including phenoxy) is 3. The van der Waals surface area contributed by atoms with Crippen molar-refractivity contribution in [1.82, 2.24) is 45.9 Å². The van der Waals surface area contributed by atoms with E-state index in [1.807, 2.05) is 240 Å². The van der Waals surface area contributed by atoms with Gasteiger partial charge in [0.15, 0.2) is 74.3 Å². The molecule has 17 aliphatic heterocycles. The van der Waals surface area contributed by atoms with Gasteiger partial charge in [-0.1, -0.05) is 91.0 Å². The van der Waals surface area contributed by atoms with Gasteiger partial charge in [0, 0.05) is 89.4 Å². The third-order valence-electron chi connectivity index (χ3n) is 17.3. The molecule has 3 amide bonds. The van der Waals surface area contributed by atoms with Crippen LogP contribution in [0.4, 0.5) is 0 Å². The Balaban J connectivity index is 0.966. The second-order valence-electron chi connectivity index (χ2n) is 25.8. The van der Waals surface area contributed by atoms with E-state index < -0.39 is 17.7 Å². The third kappa shape index (κ3) is 17.4. The molecule has 0 saturated heterocycles. The zero-order valence-corrected chi connectivity index (χ0v) is 57.7. The fourth-order valence-corrected chi connectivity index (χ4v) is 11.5. The number of likely N-dealkylation sites (N-methyl/N-ethyl adjacent to an activating group) is 3. The highest BCUT2D eigenvalue weighted by molar-refractivity contribution is 6.01. The highest BCUT2D eigenvalue weighted by Crippen LogP contribution is 2.38. The monoisotopic (exact) mass is 1360 g/mol. The minimum Gasteiger partial charge on any atom is -0.491 e. The van der Waals surface area contributed by atoms with Crippen LogP contribution in [0.15, 0.2) is 234 Å². The smallest absolute Gasteiger partial charge is 0.275 e. The topological polar surface area (TPSA) is 212 Å². The van der Waals surface area contributed by atoms with Gasteiger partial charge in [-0.2, -0.15) is 15.3 Å². The number of aromatic nitrogens is 6. The lowest BCUT2D eigenvalue weighted by atomic mass is 9.91. The van der Waals surface area contributed by atoms with Crippen LogP contribution in [0.3, 0.4) is 0 Å². The molecule has 17 aliphatic rings. The number of hydrogen-bond donors (Lipinski definition) is 3. The maximum absolute atomic E-state index is 14.6. The number of nitrogens with one attached hydrogen (secondary N) is 3. The molecule has 0 spiro atoms. The second kappa shape index (κ2) is 31.7. The molecule has 102 heavy (non-hydrogen) atoms. The number of carbonyl (C=O) groups excluding carboxylic acids is 3. The number of hydrazone groups is 3. The fraction of sp³-hybridized carbons (Fsp3) is 0.185. The molecule has 0 unspecified atom stereocenters. The predicted molar refractivity (Wildman–Crippen MR) is 393 cm³/mol. The predicted octanol–water partition coefficient (Wildman–Crippen LogP) is 9.62. The Bertz CT molecular complexity index is 4410. The van der Waals surface area contributed by atoms with Gasteiger partial charge in [-0.05, 0) is 147 Å². The van der Waals surface area contributed by atoms with Gasteiger partial charge in [0.2, 0.25) is 0 Å². The highest BCUT2D eigenvalue weighted by atomic mass is 16.5. The molecule has 21 heterocycles. The average molecular weight is 1360 g/mol. The summed E-state index contributed by atoms with van der Waals surface area (Å²) < 4.78 is 25.3. The summed E-state index contributed by atoms with van der Waals surface area (Å²) in [5, 5.41) is 13.4. The normalized spacial score (nSPS) is 13.9. The number of benzene rings is 7. The van der Waals surface area contributed by atoms with Gasteiger partial charge < -0.3 is 28.9 Å². The summed E-state index contributed by atoms with van der Waals surface area (Å²) in [6, 6.07) is 58.4. The first-order chi connectivity index (χ1) is 49.6. The summed E-state index contributed by atoms with van der Waals surface area (Å²) in [4.78, 5) is 65.1. The van der Waals surface area contributed by atoms with Crippen molar-refractivity contribution in [2.24, 2.45) is 15.3 Å². The molecule has 0 aliphatic carbocycles. The van der Waals surface area contributed by atoms with Crippen LogP contribution >= 0.6 is 0 Å². The van der Waals surface area contributed by atoms with E-state index in [1.54, 1.807) is 55.0 Å². The minimum absolute atomic E-state index is 0.245. The maximum Gasteiger partial charge on any atom is 0.275 e. The van der Waals surface area contributed by atoms with Crippen molar-refractivity contribution in [2.75, 3.05) is 81.7 Å². The van der Waals surface area contributed by atoms with Gasteiger partial charge in [0.1, 0.15) is 37.1 Å².